The fourth-order valence-corrected chi connectivity index (χ4v) is 0.549. The van der Waals surface area contributed by atoms with Crippen LogP contribution in [0.2, 0.25) is 0 Å². The second-order valence-electron chi connectivity index (χ2n) is 2.61. The lowest BCUT2D eigenvalue weighted by Gasteiger charge is -1.93. The number of hydrogen-bond acceptors (Lipinski definition) is 3. The number of carbonyl (C=O) groups excluding carboxylic acids is 1. The summed E-state index contributed by atoms with van der Waals surface area (Å²) in [6.45, 7) is 0.749. The first-order valence-corrected chi connectivity index (χ1v) is 4.30. The second kappa shape index (κ2) is 9.45. The van der Waals surface area contributed by atoms with E-state index >= 15 is 0 Å². The highest BCUT2D eigenvalue weighted by Crippen LogP contribution is 2.13. The van der Waals surface area contributed by atoms with Gasteiger partial charge in [-0.1, -0.05) is 6.42 Å². The lowest BCUT2D eigenvalue weighted by molar-refractivity contribution is -0.192. The van der Waals surface area contributed by atoms with Crippen LogP contribution in [0.5, 0.6) is 0 Å². The van der Waals surface area contributed by atoms with Crippen LogP contribution in [0.25, 0.3) is 0 Å². The molecule has 0 radical (unpaired) electrons. The number of alkyl halides is 3. The first-order chi connectivity index (χ1) is 6.86. The summed E-state index contributed by atoms with van der Waals surface area (Å²) < 4.78 is 31.7. The Labute approximate surface area is 85.3 Å². The maximum atomic E-state index is 10.6. The molecule has 0 aliphatic heterocycles. The zero-order chi connectivity index (χ0) is 12.3. The Morgan fingerprint density at radius 2 is 1.73 bits per heavy atom. The third kappa shape index (κ3) is 15.6. The van der Waals surface area contributed by atoms with E-state index in [1.165, 1.54) is 0 Å². The van der Waals surface area contributed by atoms with E-state index in [4.69, 9.17) is 15.6 Å². The smallest absolute Gasteiger partial charge is 0.475 e. The zero-order valence-corrected chi connectivity index (χ0v) is 8.09. The van der Waals surface area contributed by atoms with Crippen molar-refractivity contribution in [3.05, 3.63) is 0 Å². The van der Waals surface area contributed by atoms with E-state index in [1.54, 1.807) is 0 Å². The fourth-order valence-electron chi connectivity index (χ4n) is 0.549. The Balaban J connectivity index is 0. The number of carbonyl (C=O) groups is 2. The van der Waals surface area contributed by atoms with E-state index in [9.17, 15) is 18.0 Å². The van der Waals surface area contributed by atoms with Crippen molar-refractivity contribution in [1.29, 1.82) is 0 Å². The molecule has 90 valence electrons. The maximum absolute atomic E-state index is 10.6. The highest BCUT2D eigenvalue weighted by Gasteiger charge is 2.38. The van der Waals surface area contributed by atoms with Crippen LogP contribution in [-0.2, 0) is 9.59 Å². The average molecular weight is 229 g/mol. The Bertz CT molecular complexity index is 182. The predicted molar refractivity (Wildman–Crippen MR) is 47.3 cm³/mol. The zero-order valence-electron chi connectivity index (χ0n) is 8.09. The number of hydrogen-bond donors (Lipinski definition) is 2. The van der Waals surface area contributed by atoms with Gasteiger partial charge in [-0.3, -0.25) is 0 Å². The van der Waals surface area contributed by atoms with Gasteiger partial charge in [0.15, 0.2) is 0 Å². The molecule has 0 aromatic carbocycles. The molecule has 0 aromatic rings. The lowest BCUT2D eigenvalue weighted by atomic mass is 10.2. The number of carboxylic acid groups (broad SMARTS) is 1. The predicted octanol–water partition coefficient (Wildman–Crippen LogP) is 1.34. The van der Waals surface area contributed by atoms with Crippen molar-refractivity contribution in [2.75, 3.05) is 6.54 Å². The van der Waals surface area contributed by atoms with Gasteiger partial charge >= 0.3 is 12.1 Å². The van der Waals surface area contributed by atoms with Gasteiger partial charge in [-0.15, -0.1) is 0 Å². The quantitative estimate of drug-likeness (QED) is 0.550. The van der Waals surface area contributed by atoms with Crippen molar-refractivity contribution in [2.24, 2.45) is 5.73 Å². The van der Waals surface area contributed by atoms with Gasteiger partial charge in [0.2, 0.25) is 0 Å². The van der Waals surface area contributed by atoms with E-state index in [2.05, 4.69) is 0 Å². The summed E-state index contributed by atoms with van der Waals surface area (Å²) in [5.41, 5.74) is 5.22. The van der Waals surface area contributed by atoms with Crippen LogP contribution in [-0.4, -0.2) is 30.1 Å². The number of halogens is 3. The van der Waals surface area contributed by atoms with Crippen LogP contribution in [0.3, 0.4) is 0 Å². The van der Waals surface area contributed by atoms with Crippen molar-refractivity contribution in [2.45, 2.75) is 31.9 Å². The molecule has 0 aromatic heterocycles. The molecule has 0 heterocycles. The summed E-state index contributed by atoms with van der Waals surface area (Å²) in [4.78, 5) is 18.6. The fraction of sp³-hybridized carbons (Fsp3) is 0.750. The van der Waals surface area contributed by atoms with Gasteiger partial charge < -0.3 is 15.6 Å². The SMILES string of the molecule is NCCCCCC=O.O=C(O)C(F)(F)F. The first-order valence-electron chi connectivity index (χ1n) is 4.30. The minimum atomic E-state index is -5.08. The topological polar surface area (TPSA) is 80.4 Å². The molecule has 4 nitrogen and oxygen atoms in total. The molecule has 7 heteroatoms. The third-order valence-corrected chi connectivity index (χ3v) is 1.27. The third-order valence-electron chi connectivity index (χ3n) is 1.27. The second-order valence-corrected chi connectivity index (χ2v) is 2.61. The van der Waals surface area contributed by atoms with E-state index < -0.39 is 12.1 Å². The Kier molecular flexibility index (Phi) is 10.3. The molecule has 0 unspecified atom stereocenters. The number of rotatable bonds is 5. The molecule has 0 amide bonds. The van der Waals surface area contributed by atoms with Gasteiger partial charge in [0.1, 0.15) is 6.29 Å². The summed E-state index contributed by atoms with van der Waals surface area (Å²) in [5.74, 6) is -2.76. The van der Waals surface area contributed by atoms with Gasteiger partial charge in [0.25, 0.3) is 0 Å². The molecule has 0 aliphatic rings. The molecular weight excluding hydrogens is 215 g/mol. The number of carboxylic acids is 1. The van der Waals surface area contributed by atoms with E-state index in [1.807, 2.05) is 0 Å². The van der Waals surface area contributed by atoms with E-state index in [0.717, 1.165) is 32.1 Å². The molecule has 0 fully saturated rings. The van der Waals surface area contributed by atoms with Crippen LogP contribution >= 0.6 is 0 Å². The van der Waals surface area contributed by atoms with Gasteiger partial charge in [-0.05, 0) is 19.4 Å². The molecule has 0 bridgehead atoms. The van der Waals surface area contributed by atoms with Crippen LogP contribution < -0.4 is 5.73 Å². The lowest BCUT2D eigenvalue weighted by Crippen LogP contribution is -2.21. The first kappa shape index (κ1) is 16.3. The van der Waals surface area contributed by atoms with Gasteiger partial charge in [0, 0.05) is 6.42 Å². The summed E-state index contributed by atoms with van der Waals surface area (Å²) in [7, 11) is 0. The number of aliphatic carboxylic acids is 1. The minimum Gasteiger partial charge on any atom is -0.475 e. The van der Waals surface area contributed by atoms with Crippen LogP contribution in [0, 0.1) is 0 Å². The average Bonchev–Trinajstić information content (AvgIpc) is 2.12. The van der Waals surface area contributed by atoms with E-state index in [-0.39, 0.29) is 0 Å². The van der Waals surface area contributed by atoms with E-state index in [0.29, 0.717) is 6.42 Å². The summed E-state index contributed by atoms with van der Waals surface area (Å²) in [6.07, 6.45) is -0.291. The molecule has 0 aliphatic carbocycles. The standard InChI is InChI=1S/C6H13NO.C2HF3O2/c7-5-3-1-2-4-6-8;3-2(4,5)1(6)7/h6H,1-5,7H2;(H,6,7). The van der Waals surface area contributed by atoms with Crippen LogP contribution in [0.15, 0.2) is 0 Å². The largest absolute Gasteiger partial charge is 0.490 e. The van der Waals surface area contributed by atoms with Crippen LogP contribution in [0.1, 0.15) is 25.7 Å². The molecule has 0 atom stereocenters. The van der Waals surface area contributed by atoms with Gasteiger partial charge in [-0.25, -0.2) is 4.79 Å². The molecule has 15 heavy (non-hydrogen) atoms. The molecule has 0 saturated carbocycles. The maximum Gasteiger partial charge on any atom is 0.490 e. The Morgan fingerprint density at radius 3 is 2.00 bits per heavy atom. The van der Waals surface area contributed by atoms with Crippen molar-refractivity contribution in [3.8, 4) is 0 Å². The molecule has 0 rings (SSSR count). The van der Waals surface area contributed by atoms with Gasteiger partial charge in [0.05, 0.1) is 0 Å². The highest BCUT2D eigenvalue weighted by atomic mass is 19.4. The van der Waals surface area contributed by atoms with Crippen molar-refractivity contribution < 1.29 is 27.9 Å². The summed E-state index contributed by atoms with van der Waals surface area (Å²) in [5, 5.41) is 7.12. The van der Waals surface area contributed by atoms with Crippen molar-refractivity contribution >= 4 is 12.3 Å². The highest BCUT2D eigenvalue weighted by molar-refractivity contribution is 5.73. The number of unbranched alkanes of at least 4 members (excludes halogenated alkanes) is 3. The normalized spacial score (nSPS) is 10.1. The molecule has 3 N–H and O–H groups in total. The molecule has 0 saturated heterocycles. The van der Waals surface area contributed by atoms with Crippen molar-refractivity contribution in [3.63, 3.8) is 0 Å². The Hall–Kier alpha value is -1.11. The summed E-state index contributed by atoms with van der Waals surface area (Å²) >= 11 is 0. The minimum absolute atomic E-state index is 0.694. The molecular formula is C8H14F3NO3. The van der Waals surface area contributed by atoms with Crippen LogP contribution in [0.4, 0.5) is 13.2 Å². The monoisotopic (exact) mass is 229 g/mol. The van der Waals surface area contributed by atoms with Gasteiger partial charge in [-0.2, -0.15) is 13.2 Å². The summed E-state index contributed by atoms with van der Waals surface area (Å²) in [6, 6.07) is 0. The molecule has 0 spiro atoms. The number of nitrogens with two attached hydrogens (primary N) is 1. The van der Waals surface area contributed by atoms with Crippen molar-refractivity contribution in [1.82, 2.24) is 0 Å². The number of aldehydes is 1. The Morgan fingerprint density at radius 1 is 1.27 bits per heavy atom.